The van der Waals surface area contributed by atoms with Gasteiger partial charge in [-0.05, 0) is 36.5 Å². The first-order valence-corrected chi connectivity index (χ1v) is 13.0. The van der Waals surface area contributed by atoms with Crippen LogP contribution < -0.4 is 5.56 Å². The van der Waals surface area contributed by atoms with E-state index in [1.54, 1.807) is 28.8 Å². The van der Waals surface area contributed by atoms with Gasteiger partial charge in [-0.2, -0.15) is 5.10 Å². The Morgan fingerprint density at radius 1 is 1.03 bits per heavy atom. The van der Waals surface area contributed by atoms with E-state index in [1.165, 1.54) is 23.0 Å². The zero-order valence-corrected chi connectivity index (χ0v) is 21.9. The summed E-state index contributed by atoms with van der Waals surface area (Å²) in [5, 5.41) is 24.8. The molecule has 10 nitrogen and oxygen atoms in total. The number of piperidine rings is 1. The van der Waals surface area contributed by atoms with Gasteiger partial charge in [-0.25, -0.2) is 9.78 Å². The minimum atomic E-state index is -1.15. The summed E-state index contributed by atoms with van der Waals surface area (Å²) in [7, 11) is 1.70. The number of aromatic carboxylic acids is 1. The van der Waals surface area contributed by atoms with Crippen molar-refractivity contribution in [2.45, 2.75) is 44.2 Å². The van der Waals surface area contributed by atoms with E-state index in [9.17, 15) is 19.5 Å². The Labute approximate surface area is 225 Å². The van der Waals surface area contributed by atoms with Gasteiger partial charge in [-0.1, -0.05) is 49.4 Å². The Morgan fingerprint density at radius 2 is 1.69 bits per heavy atom. The van der Waals surface area contributed by atoms with Crippen molar-refractivity contribution < 1.29 is 19.8 Å². The van der Waals surface area contributed by atoms with Crippen LogP contribution in [-0.4, -0.2) is 65.0 Å². The second-order valence-electron chi connectivity index (χ2n) is 10.4. The Morgan fingerprint density at radius 3 is 2.33 bits per heavy atom. The van der Waals surface area contributed by atoms with E-state index in [2.05, 4.69) is 10.1 Å². The number of aryl methyl sites for hydroxylation is 1. The van der Waals surface area contributed by atoms with Gasteiger partial charge >= 0.3 is 5.97 Å². The molecule has 0 radical (unpaired) electrons. The Balaban J connectivity index is 1.28. The van der Waals surface area contributed by atoms with Crippen molar-refractivity contribution in [3.05, 3.63) is 82.4 Å². The smallest absolute Gasteiger partial charge is 0.335 e. The fourth-order valence-electron chi connectivity index (χ4n) is 5.24. The molecular weight excluding hydrogens is 498 g/mol. The van der Waals surface area contributed by atoms with Crippen molar-refractivity contribution in [1.29, 1.82) is 0 Å². The van der Waals surface area contributed by atoms with Crippen molar-refractivity contribution in [3.63, 3.8) is 0 Å². The number of carbonyl (C=O) groups excluding carboxylic acids is 1. The van der Waals surface area contributed by atoms with E-state index in [0.717, 1.165) is 5.56 Å². The number of hydrogen-bond acceptors (Lipinski definition) is 6. The number of aromatic nitrogens is 4. The largest absolute Gasteiger partial charge is 0.478 e. The molecule has 1 aliphatic heterocycles. The van der Waals surface area contributed by atoms with E-state index >= 15 is 0 Å². The molecule has 0 spiro atoms. The second kappa shape index (κ2) is 10.5. The van der Waals surface area contributed by atoms with Crippen LogP contribution in [0.5, 0.6) is 0 Å². The highest BCUT2D eigenvalue weighted by Crippen LogP contribution is 2.28. The lowest BCUT2D eigenvalue weighted by Crippen LogP contribution is -2.49. The number of amides is 1. The first-order chi connectivity index (χ1) is 18.6. The number of carboxylic acid groups (broad SMARTS) is 1. The van der Waals surface area contributed by atoms with Gasteiger partial charge in [0.05, 0.1) is 29.7 Å². The highest BCUT2D eigenvalue weighted by Gasteiger charge is 2.35. The van der Waals surface area contributed by atoms with Gasteiger partial charge in [0, 0.05) is 32.1 Å². The molecule has 1 aliphatic rings. The Bertz CT molecular complexity index is 1570. The van der Waals surface area contributed by atoms with E-state index in [-0.39, 0.29) is 35.0 Å². The van der Waals surface area contributed by atoms with Gasteiger partial charge < -0.3 is 15.1 Å². The SMILES string of the molecule is C[C@H](CC(=O)N1CCC(O)(Cn2cnc3c(-c4ccc(C(=O)O)cc4)n(C)nc3c2=O)CC1)c1ccccc1. The normalized spacial score (nSPS) is 15.8. The average molecular weight is 530 g/mol. The molecule has 0 saturated carbocycles. The van der Waals surface area contributed by atoms with Crippen molar-refractivity contribution >= 4 is 22.9 Å². The quantitative estimate of drug-likeness (QED) is 0.376. The molecule has 4 aromatic rings. The Kier molecular flexibility index (Phi) is 7.05. The molecule has 39 heavy (non-hydrogen) atoms. The zero-order valence-electron chi connectivity index (χ0n) is 21.9. The van der Waals surface area contributed by atoms with Gasteiger partial charge in [-0.15, -0.1) is 0 Å². The van der Waals surface area contributed by atoms with E-state index < -0.39 is 11.6 Å². The van der Waals surface area contributed by atoms with Gasteiger partial charge in [0.1, 0.15) is 5.52 Å². The summed E-state index contributed by atoms with van der Waals surface area (Å²) in [6.07, 6.45) is 2.53. The first-order valence-electron chi connectivity index (χ1n) is 13.0. The van der Waals surface area contributed by atoms with Crippen molar-refractivity contribution in [2.75, 3.05) is 13.1 Å². The highest BCUT2D eigenvalue weighted by atomic mass is 16.4. The van der Waals surface area contributed by atoms with Gasteiger partial charge in [0.15, 0.2) is 5.52 Å². The summed E-state index contributed by atoms with van der Waals surface area (Å²) in [5.74, 6) is -0.854. The van der Waals surface area contributed by atoms with Gasteiger partial charge in [0.25, 0.3) is 5.56 Å². The van der Waals surface area contributed by atoms with Crippen LogP contribution in [0.25, 0.3) is 22.3 Å². The van der Waals surface area contributed by atoms with E-state index in [1.807, 2.05) is 37.3 Å². The third kappa shape index (κ3) is 5.33. The number of hydrogen-bond donors (Lipinski definition) is 2. The number of nitrogens with zero attached hydrogens (tertiary/aromatic N) is 5. The van der Waals surface area contributed by atoms with Crippen LogP contribution in [0.15, 0.2) is 65.7 Å². The van der Waals surface area contributed by atoms with Crippen LogP contribution in [0.4, 0.5) is 0 Å². The molecule has 202 valence electrons. The minimum absolute atomic E-state index is 0.0520. The van der Waals surface area contributed by atoms with E-state index in [0.29, 0.717) is 49.1 Å². The third-order valence-corrected chi connectivity index (χ3v) is 7.58. The minimum Gasteiger partial charge on any atom is -0.478 e. The third-order valence-electron chi connectivity index (χ3n) is 7.58. The molecule has 2 N–H and O–H groups in total. The molecule has 3 heterocycles. The lowest BCUT2D eigenvalue weighted by atomic mass is 9.90. The summed E-state index contributed by atoms with van der Waals surface area (Å²) in [6.45, 7) is 2.93. The van der Waals surface area contributed by atoms with Crippen LogP contribution in [0.2, 0.25) is 0 Å². The van der Waals surface area contributed by atoms with Crippen LogP contribution in [0.1, 0.15) is 48.0 Å². The topological polar surface area (TPSA) is 131 Å². The molecule has 2 aromatic heterocycles. The summed E-state index contributed by atoms with van der Waals surface area (Å²) >= 11 is 0. The molecule has 5 rings (SSSR count). The maximum absolute atomic E-state index is 13.3. The predicted octanol–water partition coefficient (Wildman–Crippen LogP) is 3.04. The lowest BCUT2D eigenvalue weighted by Gasteiger charge is -2.38. The maximum atomic E-state index is 13.3. The number of likely N-dealkylation sites (tertiary alicyclic amines) is 1. The fourth-order valence-corrected chi connectivity index (χ4v) is 5.24. The summed E-state index contributed by atoms with van der Waals surface area (Å²) in [4.78, 5) is 43.7. The molecule has 1 amide bonds. The van der Waals surface area contributed by atoms with Gasteiger partial charge in [0.2, 0.25) is 5.91 Å². The molecule has 0 bridgehead atoms. The molecule has 0 unspecified atom stereocenters. The van der Waals surface area contributed by atoms with Crippen LogP contribution in [0, 0.1) is 0 Å². The van der Waals surface area contributed by atoms with E-state index in [4.69, 9.17) is 5.11 Å². The van der Waals surface area contributed by atoms with Crippen LogP contribution >= 0.6 is 0 Å². The fraction of sp³-hybridized carbons (Fsp3) is 0.345. The monoisotopic (exact) mass is 529 g/mol. The number of carbonyl (C=O) groups is 2. The number of benzene rings is 2. The highest BCUT2D eigenvalue weighted by molar-refractivity contribution is 5.91. The van der Waals surface area contributed by atoms with Crippen LogP contribution in [-0.2, 0) is 18.4 Å². The van der Waals surface area contributed by atoms with Crippen LogP contribution in [0.3, 0.4) is 0 Å². The molecule has 1 saturated heterocycles. The van der Waals surface area contributed by atoms with Crippen molar-refractivity contribution in [1.82, 2.24) is 24.2 Å². The van der Waals surface area contributed by atoms with Crippen molar-refractivity contribution in [3.8, 4) is 11.3 Å². The average Bonchev–Trinajstić information content (AvgIpc) is 3.27. The molecule has 0 aliphatic carbocycles. The maximum Gasteiger partial charge on any atom is 0.335 e. The first kappa shape index (κ1) is 26.3. The summed E-state index contributed by atoms with van der Waals surface area (Å²) in [5.41, 5.74) is 1.63. The molecule has 1 atom stereocenters. The number of fused-ring (bicyclic) bond motifs is 1. The lowest BCUT2D eigenvalue weighted by molar-refractivity contribution is -0.136. The molecule has 1 fully saturated rings. The standard InChI is InChI=1S/C29H31N5O5/c1-19(20-6-4-3-5-7-20)16-23(35)33-14-12-29(39,13-15-33)17-34-18-30-24-25(27(34)36)31-32(2)26(24)21-8-10-22(11-9-21)28(37)38/h3-11,18-19,39H,12-17H2,1-2H3,(H,37,38)/t19-/m1/s1. The predicted molar refractivity (Wildman–Crippen MR) is 145 cm³/mol. The number of aliphatic hydroxyl groups is 1. The zero-order chi connectivity index (χ0) is 27.7. The Hall–Kier alpha value is -4.31. The summed E-state index contributed by atoms with van der Waals surface area (Å²) in [6, 6.07) is 16.2. The van der Waals surface area contributed by atoms with Gasteiger partial charge in [-0.3, -0.25) is 18.8 Å². The molecular formula is C29H31N5O5. The summed E-state index contributed by atoms with van der Waals surface area (Å²) < 4.78 is 2.93. The number of carboxylic acids is 1. The number of rotatable bonds is 7. The molecule has 2 aromatic carbocycles. The second-order valence-corrected chi connectivity index (χ2v) is 10.4. The molecule has 10 heteroatoms. The van der Waals surface area contributed by atoms with Crippen molar-refractivity contribution in [2.24, 2.45) is 7.05 Å².